The number of rotatable bonds is 6. The Morgan fingerprint density at radius 3 is 2.37 bits per heavy atom. The summed E-state index contributed by atoms with van der Waals surface area (Å²) in [5, 5.41) is 16.4. The molecule has 0 saturated carbocycles. The maximum absolute atomic E-state index is 12.7. The van der Waals surface area contributed by atoms with Gasteiger partial charge >= 0.3 is 6.18 Å². The van der Waals surface area contributed by atoms with Crippen LogP contribution in [0.2, 0.25) is 0 Å². The van der Waals surface area contributed by atoms with E-state index < -0.39 is 22.4 Å². The third-order valence-electron chi connectivity index (χ3n) is 3.85. The van der Waals surface area contributed by atoms with Gasteiger partial charge in [0.05, 0.1) is 10.5 Å². The minimum absolute atomic E-state index is 0.00844. The van der Waals surface area contributed by atoms with Crippen molar-refractivity contribution in [3.05, 3.63) is 63.2 Å². The highest BCUT2D eigenvalue weighted by Gasteiger charge is 2.33. The van der Waals surface area contributed by atoms with Gasteiger partial charge in [0.1, 0.15) is 5.69 Å². The minimum atomic E-state index is -4.67. The Hall–Kier alpha value is -3.10. The van der Waals surface area contributed by atoms with Gasteiger partial charge in [-0.3, -0.25) is 14.9 Å². The number of hydrogen-bond donors (Lipinski definition) is 2. The van der Waals surface area contributed by atoms with E-state index in [1.54, 1.807) is 6.07 Å². The lowest BCUT2D eigenvalue weighted by Gasteiger charge is -2.11. The van der Waals surface area contributed by atoms with Crippen LogP contribution in [0.25, 0.3) is 0 Å². The van der Waals surface area contributed by atoms with Gasteiger partial charge in [-0.1, -0.05) is 17.7 Å². The van der Waals surface area contributed by atoms with Gasteiger partial charge in [0.25, 0.3) is 5.69 Å². The number of nitrogens with zero attached hydrogens (tertiary/aromatic N) is 1. The van der Waals surface area contributed by atoms with Gasteiger partial charge in [-0.25, -0.2) is 0 Å². The van der Waals surface area contributed by atoms with Crippen LogP contribution in [-0.2, 0) is 11.0 Å². The predicted molar refractivity (Wildman–Crippen MR) is 95.8 cm³/mol. The summed E-state index contributed by atoms with van der Waals surface area (Å²) in [5.74, 6) is -0.316. The van der Waals surface area contributed by atoms with Gasteiger partial charge < -0.3 is 10.6 Å². The molecule has 0 fully saturated rings. The Morgan fingerprint density at radius 1 is 1.11 bits per heavy atom. The molecule has 144 valence electrons. The van der Waals surface area contributed by atoms with E-state index in [1.807, 2.05) is 26.0 Å². The largest absolute Gasteiger partial charge is 0.416 e. The van der Waals surface area contributed by atoms with E-state index in [0.717, 1.165) is 23.3 Å². The molecule has 0 heterocycles. The van der Waals surface area contributed by atoms with E-state index in [4.69, 9.17) is 0 Å². The molecule has 2 rings (SSSR count). The number of nitrogens with one attached hydrogen (secondary N) is 2. The first-order chi connectivity index (χ1) is 12.6. The molecule has 0 aliphatic heterocycles. The number of nitro groups is 1. The summed E-state index contributed by atoms with van der Waals surface area (Å²) in [6, 6.07) is 7.76. The van der Waals surface area contributed by atoms with Gasteiger partial charge in [-0.05, 0) is 37.6 Å². The monoisotopic (exact) mass is 381 g/mol. The van der Waals surface area contributed by atoms with Gasteiger partial charge in [0.2, 0.25) is 5.91 Å². The van der Waals surface area contributed by atoms with E-state index in [9.17, 15) is 28.1 Å². The Kier molecular flexibility index (Phi) is 6.04. The highest BCUT2D eigenvalue weighted by Crippen LogP contribution is 2.34. The van der Waals surface area contributed by atoms with Crippen LogP contribution >= 0.6 is 0 Å². The van der Waals surface area contributed by atoms with Crippen LogP contribution in [0.4, 0.5) is 30.2 Å². The molecule has 2 aromatic rings. The zero-order valence-corrected chi connectivity index (χ0v) is 14.7. The molecule has 0 spiro atoms. The summed E-state index contributed by atoms with van der Waals surface area (Å²) < 4.78 is 38.1. The molecule has 0 atom stereocenters. The van der Waals surface area contributed by atoms with E-state index >= 15 is 0 Å². The van der Waals surface area contributed by atoms with Crippen LogP contribution in [0.15, 0.2) is 36.4 Å². The molecular formula is C18H18F3N3O3. The second-order valence-corrected chi connectivity index (χ2v) is 6.03. The van der Waals surface area contributed by atoms with Crippen LogP contribution in [0.1, 0.15) is 23.1 Å². The van der Waals surface area contributed by atoms with Crippen molar-refractivity contribution in [1.82, 2.24) is 0 Å². The first-order valence-corrected chi connectivity index (χ1v) is 8.04. The van der Waals surface area contributed by atoms with Crippen molar-refractivity contribution in [1.29, 1.82) is 0 Å². The highest BCUT2D eigenvalue weighted by atomic mass is 19.4. The topological polar surface area (TPSA) is 84.3 Å². The fourth-order valence-electron chi connectivity index (χ4n) is 2.49. The number of anilines is 2. The van der Waals surface area contributed by atoms with E-state index in [2.05, 4.69) is 10.6 Å². The summed E-state index contributed by atoms with van der Waals surface area (Å²) in [4.78, 5) is 22.1. The number of benzene rings is 2. The molecule has 0 bridgehead atoms. The molecule has 9 heteroatoms. The SMILES string of the molecule is Cc1ccc(NC(=O)CCNc2ccc(C(F)(F)F)cc2[N+](=O)[O-])c(C)c1. The van der Waals surface area contributed by atoms with Crippen molar-refractivity contribution in [3.63, 3.8) is 0 Å². The van der Waals surface area contributed by atoms with Gasteiger partial charge in [-0.2, -0.15) is 13.2 Å². The number of carbonyl (C=O) groups is 1. The second kappa shape index (κ2) is 8.07. The van der Waals surface area contributed by atoms with Crippen molar-refractivity contribution in [2.45, 2.75) is 26.4 Å². The molecule has 0 aliphatic rings. The summed E-state index contributed by atoms with van der Waals surface area (Å²) >= 11 is 0. The Balaban J connectivity index is 2.00. The Labute approximate surface area is 153 Å². The average molecular weight is 381 g/mol. The molecule has 0 aromatic heterocycles. The lowest BCUT2D eigenvalue weighted by molar-refractivity contribution is -0.384. The maximum Gasteiger partial charge on any atom is 0.416 e. The lowest BCUT2D eigenvalue weighted by atomic mass is 10.1. The first-order valence-electron chi connectivity index (χ1n) is 8.04. The summed E-state index contributed by atoms with van der Waals surface area (Å²) in [7, 11) is 0. The van der Waals surface area contributed by atoms with Crippen LogP contribution in [-0.4, -0.2) is 17.4 Å². The predicted octanol–water partition coefficient (Wildman–Crippen LogP) is 4.67. The molecule has 27 heavy (non-hydrogen) atoms. The zero-order chi connectivity index (χ0) is 20.2. The number of alkyl halides is 3. The first kappa shape index (κ1) is 20.2. The van der Waals surface area contributed by atoms with E-state index in [-0.39, 0.29) is 24.6 Å². The number of halogens is 3. The highest BCUT2D eigenvalue weighted by molar-refractivity contribution is 5.91. The fraction of sp³-hybridized carbons (Fsp3) is 0.278. The smallest absolute Gasteiger partial charge is 0.379 e. The number of nitro benzene ring substituents is 1. The van der Waals surface area contributed by atoms with Crippen molar-refractivity contribution in [2.24, 2.45) is 0 Å². The maximum atomic E-state index is 12.7. The fourth-order valence-corrected chi connectivity index (χ4v) is 2.49. The Bertz CT molecular complexity index is 867. The molecule has 0 aliphatic carbocycles. The number of carbonyl (C=O) groups excluding carboxylic acids is 1. The minimum Gasteiger partial charge on any atom is -0.379 e. The van der Waals surface area contributed by atoms with Gasteiger partial charge in [-0.15, -0.1) is 0 Å². The number of aryl methyl sites for hydroxylation is 2. The number of hydrogen-bond acceptors (Lipinski definition) is 4. The molecular weight excluding hydrogens is 363 g/mol. The standard InChI is InChI=1S/C18H18F3N3O3/c1-11-3-5-14(12(2)9-11)23-17(25)7-8-22-15-6-4-13(18(19,20)21)10-16(15)24(26)27/h3-6,9-10,22H,7-8H2,1-2H3,(H,23,25). The van der Waals surface area contributed by atoms with E-state index in [1.165, 1.54) is 0 Å². The summed E-state index contributed by atoms with van der Waals surface area (Å²) in [6.45, 7) is 3.81. The molecule has 2 N–H and O–H groups in total. The third kappa shape index (κ3) is 5.44. The van der Waals surface area contributed by atoms with Crippen molar-refractivity contribution in [2.75, 3.05) is 17.2 Å². The molecule has 0 saturated heterocycles. The molecule has 0 radical (unpaired) electrons. The van der Waals surface area contributed by atoms with Crippen LogP contribution in [0, 0.1) is 24.0 Å². The molecule has 6 nitrogen and oxygen atoms in total. The molecule has 2 aromatic carbocycles. The molecule has 0 unspecified atom stereocenters. The van der Waals surface area contributed by atoms with Crippen molar-refractivity contribution >= 4 is 23.0 Å². The van der Waals surface area contributed by atoms with Crippen LogP contribution in [0.3, 0.4) is 0 Å². The van der Waals surface area contributed by atoms with Gasteiger partial charge in [0.15, 0.2) is 0 Å². The van der Waals surface area contributed by atoms with Crippen LogP contribution in [0.5, 0.6) is 0 Å². The lowest BCUT2D eigenvalue weighted by Crippen LogP contribution is -2.17. The van der Waals surface area contributed by atoms with Crippen molar-refractivity contribution < 1.29 is 22.9 Å². The normalized spacial score (nSPS) is 11.1. The van der Waals surface area contributed by atoms with E-state index in [0.29, 0.717) is 11.8 Å². The van der Waals surface area contributed by atoms with Crippen molar-refractivity contribution in [3.8, 4) is 0 Å². The Morgan fingerprint density at radius 2 is 1.78 bits per heavy atom. The number of amides is 1. The second-order valence-electron chi connectivity index (χ2n) is 6.03. The van der Waals surface area contributed by atoms with Gasteiger partial charge in [0, 0.05) is 24.7 Å². The summed E-state index contributed by atoms with van der Waals surface area (Å²) in [5.41, 5.74) is 0.738. The molecule has 1 amide bonds. The quantitative estimate of drug-likeness (QED) is 0.562. The van der Waals surface area contributed by atoms with Crippen LogP contribution < -0.4 is 10.6 Å². The third-order valence-corrected chi connectivity index (χ3v) is 3.85. The average Bonchev–Trinajstić information content (AvgIpc) is 2.56. The zero-order valence-electron chi connectivity index (χ0n) is 14.7. The summed E-state index contributed by atoms with van der Waals surface area (Å²) in [6.07, 6.45) is -4.68.